The second-order valence-corrected chi connectivity index (χ2v) is 8.22. The van der Waals surface area contributed by atoms with Gasteiger partial charge in [0.2, 0.25) is 0 Å². The fourth-order valence-corrected chi connectivity index (χ4v) is 4.78. The zero-order valence-corrected chi connectivity index (χ0v) is 16.1. The lowest BCUT2D eigenvalue weighted by Crippen LogP contribution is -2.24. The third kappa shape index (κ3) is 4.86. The van der Waals surface area contributed by atoms with E-state index in [1.807, 2.05) is 6.07 Å². The monoisotopic (exact) mass is 342 g/mol. The summed E-state index contributed by atoms with van der Waals surface area (Å²) in [5.41, 5.74) is 3.57. The van der Waals surface area contributed by atoms with Gasteiger partial charge >= 0.3 is 5.97 Å². The maximum absolute atomic E-state index is 12.6. The minimum atomic E-state index is -0.113. The molecule has 0 bridgehead atoms. The quantitative estimate of drug-likeness (QED) is 0.583. The SMILES string of the molecule is CCCC1CCC(OC(=O)c2ccc3c(c2)CCC(CCC)C3)CC1. The number of aryl methyl sites for hydroxylation is 1. The molecule has 0 radical (unpaired) electrons. The van der Waals surface area contributed by atoms with Crippen molar-refractivity contribution in [2.24, 2.45) is 11.8 Å². The van der Waals surface area contributed by atoms with E-state index in [1.165, 1.54) is 62.5 Å². The van der Waals surface area contributed by atoms with Crippen LogP contribution in [0.5, 0.6) is 0 Å². The molecule has 25 heavy (non-hydrogen) atoms. The molecule has 2 heteroatoms. The molecular formula is C23H34O2. The molecular weight excluding hydrogens is 308 g/mol. The molecule has 0 amide bonds. The van der Waals surface area contributed by atoms with E-state index >= 15 is 0 Å². The lowest BCUT2D eigenvalue weighted by atomic mass is 9.81. The van der Waals surface area contributed by atoms with Gasteiger partial charge in [-0.2, -0.15) is 0 Å². The Morgan fingerprint density at radius 3 is 2.40 bits per heavy atom. The van der Waals surface area contributed by atoms with Crippen LogP contribution in [0.4, 0.5) is 0 Å². The minimum Gasteiger partial charge on any atom is -0.459 e. The molecule has 1 atom stereocenters. The normalized spacial score (nSPS) is 26.1. The summed E-state index contributed by atoms with van der Waals surface area (Å²) in [5, 5.41) is 0. The molecule has 138 valence electrons. The van der Waals surface area contributed by atoms with E-state index in [2.05, 4.69) is 26.0 Å². The Morgan fingerprint density at radius 1 is 0.960 bits per heavy atom. The van der Waals surface area contributed by atoms with Gasteiger partial charge in [-0.3, -0.25) is 0 Å². The highest BCUT2D eigenvalue weighted by molar-refractivity contribution is 5.89. The van der Waals surface area contributed by atoms with Gasteiger partial charge in [0.1, 0.15) is 6.10 Å². The molecule has 0 heterocycles. The predicted octanol–water partition coefficient (Wildman–Crippen LogP) is 6.11. The van der Waals surface area contributed by atoms with Crippen molar-refractivity contribution in [1.82, 2.24) is 0 Å². The van der Waals surface area contributed by atoms with Crippen molar-refractivity contribution in [2.75, 3.05) is 0 Å². The first kappa shape index (κ1) is 18.5. The van der Waals surface area contributed by atoms with Crippen molar-refractivity contribution in [1.29, 1.82) is 0 Å². The third-order valence-electron chi connectivity index (χ3n) is 6.23. The number of rotatable bonds is 6. The maximum atomic E-state index is 12.6. The molecule has 2 nitrogen and oxygen atoms in total. The van der Waals surface area contributed by atoms with Crippen LogP contribution in [0.1, 0.15) is 93.1 Å². The molecule has 0 aliphatic heterocycles. The molecule has 3 rings (SSSR count). The van der Waals surface area contributed by atoms with E-state index in [0.29, 0.717) is 0 Å². The van der Waals surface area contributed by atoms with E-state index in [-0.39, 0.29) is 12.1 Å². The topological polar surface area (TPSA) is 26.3 Å². The average molecular weight is 343 g/mol. The number of fused-ring (bicyclic) bond motifs is 1. The van der Waals surface area contributed by atoms with Crippen molar-refractivity contribution in [3.63, 3.8) is 0 Å². The maximum Gasteiger partial charge on any atom is 0.338 e. The Balaban J connectivity index is 1.55. The van der Waals surface area contributed by atoms with Crippen LogP contribution in [0.2, 0.25) is 0 Å². The summed E-state index contributed by atoms with van der Waals surface area (Å²) < 4.78 is 5.82. The highest BCUT2D eigenvalue weighted by Gasteiger charge is 2.25. The lowest BCUT2D eigenvalue weighted by molar-refractivity contribution is 0.0161. The fraction of sp³-hybridized carbons (Fsp3) is 0.696. The van der Waals surface area contributed by atoms with Gasteiger partial charge in [-0.05, 0) is 80.0 Å². The van der Waals surface area contributed by atoms with Gasteiger partial charge in [0, 0.05) is 0 Å². The Bertz CT molecular complexity index is 569. The summed E-state index contributed by atoms with van der Waals surface area (Å²) in [6, 6.07) is 6.26. The van der Waals surface area contributed by atoms with Crippen LogP contribution in [0, 0.1) is 11.8 Å². The molecule has 2 aliphatic rings. The van der Waals surface area contributed by atoms with Crippen LogP contribution in [-0.2, 0) is 17.6 Å². The molecule has 1 aromatic rings. The van der Waals surface area contributed by atoms with Crippen molar-refractivity contribution in [2.45, 2.75) is 90.6 Å². The Morgan fingerprint density at radius 2 is 1.68 bits per heavy atom. The van der Waals surface area contributed by atoms with Crippen LogP contribution in [-0.4, -0.2) is 12.1 Å². The number of carbonyl (C=O) groups excluding carboxylic acids is 1. The largest absolute Gasteiger partial charge is 0.459 e. The van der Waals surface area contributed by atoms with E-state index in [1.54, 1.807) is 0 Å². The van der Waals surface area contributed by atoms with Gasteiger partial charge < -0.3 is 4.74 Å². The molecule has 1 unspecified atom stereocenters. The average Bonchev–Trinajstić information content (AvgIpc) is 2.63. The van der Waals surface area contributed by atoms with Gasteiger partial charge in [0.05, 0.1) is 5.56 Å². The van der Waals surface area contributed by atoms with Gasteiger partial charge in [-0.1, -0.05) is 45.6 Å². The van der Waals surface area contributed by atoms with E-state index in [9.17, 15) is 4.79 Å². The predicted molar refractivity (Wildman–Crippen MR) is 103 cm³/mol. The summed E-state index contributed by atoms with van der Waals surface area (Å²) in [6.45, 7) is 4.52. The van der Waals surface area contributed by atoms with E-state index < -0.39 is 0 Å². The number of carbonyl (C=O) groups is 1. The van der Waals surface area contributed by atoms with Crippen LogP contribution < -0.4 is 0 Å². The summed E-state index contributed by atoms with van der Waals surface area (Å²) in [4.78, 5) is 12.6. The summed E-state index contributed by atoms with van der Waals surface area (Å²) in [7, 11) is 0. The van der Waals surface area contributed by atoms with Crippen LogP contribution in [0.15, 0.2) is 18.2 Å². The molecule has 1 fully saturated rings. The van der Waals surface area contributed by atoms with Crippen LogP contribution >= 0.6 is 0 Å². The Labute approximate surface area is 153 Å². The second-order valence-electron chi connectivity index (χ2n) is 8.22. The molecule has 1 saturated carbocycles. The summed E-state index contributed by atoms with van der Waals surface area (Å²) in [6.07, 6.45) is 13.4. The molecule has 0 N–H and O–H groups in total. The zero-order valence-electron chi connectivity index (χ0n) is 16.1. The van der Waals surface area contributed by atoms with Crippen LogP contribution in [0.3, 0.4) is 0 Å². The zero-order chi connectivity index (χ0) is 17.6. The highest BCUT2D eigenvalue weighted by Crippen LogP contribution is 2.31. The number of hydrogen-bond acceptors (Lipinski definition) is 2. The second kappa shape index (κ2) is 8.87. The molecule has 2 aliphatic carbocycles. The lowest BCUT2D eigenvalue weighted by Gasteiger charge is -2.28. The molecule has 0 saturated heterocycles. The Kier molecular flexibility index (Phi) is 6.56. The van der Waals surface area contributed by atoms with Crippen molar-refractivity contribution in [3.8, 4) is 0 Å². The standard InChI is InChI=1S/C23H34O2/c1-3-5-17-8-13-22(14-9-17)25-23(24)21-12-11-19-15-18(6-4-2)7-10-20(19)16-21/h11-12,16-18,22H,3-10,13-15H2,1-2H3. The first-order chi connectivity index (χ1) is 12.2. The Hall–Kier alpha value is -1.31. The van der Waals surface area contributed by atoms with Crippen molar-refractivity contribution < 1.29 is 9.53 Å². The van der Waals surface area contributed by atoms with Crippen LogP contribution in [0.25, 0.3) is 0 Å². The number of ether oxygens (including phenoxy) is 1. The highest BCUT2D eigenvalue weighted by atomic mass is 16.5. The molecule has 0 spiro atoms. The van der Waals surface area contributed by atoms with Gasteiger partial charge in [0.15, 0.2) is 0 Å². The molecule has 0 aromatic heterocycles. The number of benzene rings is 1. The minimum absolute atomic E-state index is 0.113. The smallest absolute Gasteiger partial charge is 0.338 e. The van der Waals surface area contributed by atoms with Gasteiger partial charge in [-0.15, -0.1) is 0 Å². The van der Waals surface area contributed by atoms with E-state index in [4.69, 9.17) is 4.74 Å². The van der Waals surface area contributed by atoms with Gasteiger partial charge in [-0.25, -0.2) is 4.79 Å². The van der Waals surface area contributed by atoms with E-state index in [0.717, 1.165) is 36.7 Å². The first-order valence-electron chi connectivity index (χ1n) is 10.5. The number of hydrogen-bond donors (Lipinski definition) is 0. The first-order valence-corrected chi connectivity index (χ1v) is 10.5. The number of esters is 1. The van der Waals surface area contributed by atoms with Gasteiger partial charge in [0.25, 0.3) is 0 Å². The van der Waals surface area contributed by atoms with Crippen molar-refractivity contribution in [3.05, 3.63) is 34.9 Å². The summed E-state index contributed by atoms with van der Waals surface area (Å²) >= 11 is 0. The third-order valence-corrected chi connectivity index (χ3v) is 6.23. The molecule has 1 aromatic carbocycles. The fourth-order valence-electron chi connectivity index (χ4n) is 4.78. The van der Waals surface area contributed by atoms with Crippen molar-refractivity contribution >= 4 is 5.97 Å². The summed E-state index contributed by atoms with van der Waals surface area (Å²) in [5.74, 6) is 1.56.